The van der Waals surface area contributed by atoms with E-state index >= 15 is 0 Å². The largest absolute Gasteiger partial charge is 0.478 e. The second-order valence-electron chi connectivity index (χ2n) is 3.32. The van der Waals surface area contributed by atoms with Gasteiger partial charge < -0.3 is 5.11 Å². The van der Waals surface area contributed by atoms with Crippen LogP contribution in [-0.2, 0) is 4.79 Å². The number of allylic oxidation sites excluding steroid dienone is 1. The molecule has 0 rings (SSSR count). The van der Waals surface area contributed by atoms with Crippen LogP contribution in [-0.4, -0.2) is 17.3 Å². The molecule has 0 heterocycles. The van der Waals surface area contributed by atoms with Gasteiger partial charge in [-0.2, -0.15) is 13.2 Å². The van der Waals surface area contributed by atoms with E-state index in [1.54, 1.807) is 0 Å². The fourth-order valence-electron chi connectivity index (χ4n) is 1.19. The number of aliphatic carboxylic acids is 1. The van der Waals surface area contributed by atoms with Gasteiger partial charge >= 0.3 is 12.1 Å². The van der Waals surface area contributed by atoms with Crippen LogP contribution in [0.1, 0.15) is 39.0 Å². The van der Waals surface area contributed by atoms with Gasteiger partial charge in [-0.05, 0) is 12.8 Å². The Morgan fingerprint density at radius 1 is 1.27 bits per heavy atom. The molecule has 0 aromatic rings. The normalized spacial score (nSPS) is 12.9. The van der Waals surface area contributed by atoms with E-state index in [4.69, 9.17) is 5.11 Å². The number of carboxylic acid groups (broad SMARTS) is 1. The first-order chi connectivity index (χ1) is 6.88. The second-order valence-corrected chi connectivity index (χ2v) is 3.32. The van der Waals surface area contributed by atoms with Crippen LogP contribution < -0.4 is 0 Å². The third-order valence-electron chi connectivity index (χ3n) is 1.96. The van der Waals surface area contributed by atoms with Crippen LogP contribution in [0, 0.1) is 0 Å². The minimum absolute atomic E-state index is 0.212. The minimum Gasteiger partial charge on any atom is -0.478 e. The van der Waals surface area contributed by atoms with E-state index in [1.807, 2.05) is 6.92 Å². The molecular formula is C10H15F3O2. The molecule has 0 saturated carbocycles. The van der Waals surface area contributed by atoms with E-state index in [2.05, 4.69) is 0 Å². The lowest BCUT2D eigenvalue weighted by atomic mass is 10.1. The summed E-state index contributed by atoms with van der Waals surface area (Å²) in [5, 5.41) is 8.27. The van der Waals surface area contributed by atoms with Crippen LogP contribution in [0.5, 0.6) is 0 Å². The lowest BCUT2D eigenvalue weighted by molar-refractivity contribution is -0.132. The molecule has 2 nitrogen and oxygen atoms in total. The quantitative estimate of drug-likeness (QED) is 0.553. The third kappa shape index (κ3) is 6.99. The summed E-state index contributed by atoms with van der Waals surface area (Å²) in [7, 11) is 0. The number of alkyl halides is 3. The molecule has 0 atom stereocenters. The monoisotopic (exact) mass is 224 g/mol. The second kappa shape index (κ2) is 6.48. The van der Waals surface area contributed by atoms with Gasteiger partial charge in [0.05, 0.1) is 0 Å². The highest BCUT2D eigenvalue weighted by Crippen LogP contribution is 2.29. The first-order valence-corrected chi connectivity index (χ1v) is 4.88. The SMILES string of the molecule is CCCCCC/C(=C/C(=O)O)C(F)(F)F. The molecule has 0 unspecified atom stereocenters. The molecule has 0 radical (unpaired) electrons. The van der Waals surface area contributed by atoms with E-state index in [0.717, 1.165) is 12.8 Å². The van der Waals surface area contributed by atoms with Crippen LogP contribution in [0.3, 0.4) is 0 Å². The van der Waals surface area contributed by atoms with Gasteiger partial charge in [0, 0.05) is 11.6 Å². The van der Waals surface area contributed by atoms with Crippen LogP contribution in [0.2, 0.25) is 0 Å². The minimum atomic E-state index is -4.52. The molecule has 0 saturated heterocycles. The van der Waals surface area contributed by atoms with Crippen molar-refractivity contribution in [3.8, 4) is 0 Å². The Morgan fingerprint density at radius 2 is 1.87 bits per heavy atom. The zero-order chi connectivity index (χ0) is 11.9. The highest BCUT2D eigenvalue weighted by Gasteiger charge is 2.33. The number of rotatable bonds is 6. The molecule has 1 N–H and O–H groups in total. The van der Waals surface area contributed by atoms with E-state index in [-0.39, 0.29) is 12.5 Å². The molecule has 0 aromatic carbocycles. The Hall–Kier alpha value is -1.00. The predicted molar refractivity (Wildman–Crippen MR) is 50.5 cm³/mol. The van der Waals surface area contributed by atoms with Crippen LogP contribution in [0.4, 0.5) is 13.2 Å². The number of unbranched alkanes of at least 4 members (excludes halogenated alkanes) is 3. The molecule has 0 aromatic heterocycles. The summed E-state index contributed by atoms with van der Waals surface area (Å²) in [6.07, 6.45) is -1.59. The Morgan fingerprint density at radius 3 is 2.27 bits per heavy atom. The van der Waals surface area contributed by atoms with Gasteiger partial charge in [0.25, 0.3) is 0 Å². The highest BCUT2D eigenvalue weighted by atomic mass is 19.4. The van der Waals surface area contributed by atoms with Gasteiger partial charge in [-0.1, -0.05) is 26.2 Å². The predicted octanol–water partition coefficient (Wildman–Crippen LogP) is 3.53. The molecule has 0 aliphatic carbocycles. The lowest BCUT2D eigenvalue weighted by Gasteiger charge is -2.10. The fraction of sp³-hybridized carbons (Fsp3) is 0.700. The maximum Gasteiger partial charge on any atom is 0.412 e. The van der Waals surface area contributed by atoms with E-state index in [1.165, 1.54) is 0 Å². The molecule has 0 amide bonds. The number of halogens is 3. The number of carboxylic acids is 1. The Bertz CT molecular complexity index is 231. The van der Waals surface area contributed by atoms with Crippen LogP contribution in [0.25, 0.3) is 0 Å². The van der Waals surface area contributed by atoms with Crippen molar-refractivity contribution in [3.63, 3.8) is 0 Å². The van der Waals surface area contributed by atoms with Gasteiger partial charge in [-0.3, -0.25) is 0 Å². The standard InChI is InChI=1S/C10H15F3O2/c1-2-3-4-5-6-8(7-9(14)15)10(11,12)13/h7H,2-6H2,1H3,(H,14,15)/b8-7-. The van der Waals surface area contributed by atoms with Gasteiger partial charge in [0.2, 0.25) is 0 Å². The fourth-order valence-corrected chi connectivity index (χ4v) is 1.19. The highest BCUT2D eigenvalue weighted by molar-refractivity contribution is 5.80. The molecule has 88 valence electrons. The zero-order valence-electron chi connectivity index (χ0n) is 8.60. The van der Waals surface area contributed by atoms with Crippen molar-refractivity contribution in [2.75, 3.05) is 0 Å². The summed E-state index contributed by atoms with van der Waals surface area (Å²) < 4.78 is 36.8. The summed E-state index contributed by atoms with van der Waals surface area (Å²) >= 11 is 0. The molecular weight excluding hydrogens is 209 g/mol. The Labute approximate surface area is 86.8 Å². The maximum absolute atomic E-state index is 12.3. The number of carbonyl (C=O) groups is 1. The number of hydrogen-bond acceptors (Lipinski definition) is 1. The summed E-state index contributed by atoms with van der Waals surface area (Å²) in [5.74, 6) is -1.54. The topological polar surface area (TPSA) is 37.3 Å². The van der Waals surface area contributed by atoms with Gasteiger partial charge in [0.1, 0.15) is 0 Å². The van der Waals surface area contributed by atoms with Gasteiger partial charge in [-0.25, -0.2) is 4.79 Å². The average Bonchev–Trinajstić information content (AvgIpc) is 2.08. The van der Waals surface area contributed by atoms with Gasteiger partial charge in [-0.15, -0.1) is 0 Å². The van der Waals surface area contributed by atoms with Crippen molar-refractivity contribution < 1.29 is 23.1 Å². The first kappa shape index (κ1) is 14.0. The summed E-state index contributed by atoms with van der Waals surface area (Å²) in [6, 6.07) is 0. The Balaban J connectivity index is 4.22. The zero-order valence-corrected chi connectivity index (χ0v) is 8.60. The molecule has 0 spiro atoms. The molecule has 5 heteroatoms. The van der Waals surface area contributed by atoms with E-state index in [0.29, 0.717) is 12.8 Å². The summed E-state index contributed by atoms with van der Waals surface area (Å²) in [6.45, 7) is 1.96. The molecule has 0 aliphatic rings. The van der Waals surface area contributed by atoms with Crippen LogP contribution >= 0.6 is 0 Å². The Kier molecular flexibility index (Phi) is 6.05. The molecule has 0 aliphatic heterocycles. The van der Waals surface area contributed by atoms with E-state index < -0.39 is 17.7 Å². The van der Waals surface area contributed by atoms with Crippen molar-refractivity contribution in [3.05, 3.63) is 11.6 Å². The van der Waals surface area contributed by atoms with E-state index in [9.17, 15) is 18.0 Å². The smallest absolute Gasteiger partial charge is 0.412 e. The lowest BCUT2D eigenvalue weighted by Crippen LogP contribution is -2.13. The average molecular weight is 224 g/mol. The molecule has 0 fully saturated rings. The van der Waals surface area contributed by atoms with Crippen molar-refractivity contribution in [2.45, 2.75) is 45.2 Å². The first-order valence-electron chi connectivity index (χ1n) is 4.88. The number of hydrogen-bond donors (Lipinski definition) is 1. The maximum atomic E-state index is 12.3. The molecule has 0 bridgehead atoms. The van der Waals surface area contributed by atoms with Crippen molar-refractivity contribution in [1.29, 1.82) is 0 Å². The van der Waals surface area contributed by atoms with Crippen LogP contribution in [0.15, 0.2) is 11.6 Å². The summed E-state index contributed by atoms with van der Waals surface area (Å²) in [5.41, 5.74) is -0.953. The van der Waals surface area contributed by atoms with Crippen molar-refractivity contribution >= 4 is 5.97 Å². The summed E-state index contributed by atoms with van der Waals surface area (Å²) in [4.78, 5) is 10.2. The van der Waals surface area contributed by atoms with Crippen molar-refractivity contribution in [1.82, 2.24) is 0 Å². The van der Waals surface area contributed by atoms with Crippen molar-refractivity contribution in [2.24, 2.45) is 0 Å². The van der Waals surface area contributed by atoms with Gasteiger partial charge in [0.15, 0.2) is 0 Å². The third-order valence-corrected chi connectivity index (χ3v) is 1.96. The molecule has 15 heavy (non-hydrogen) atoms.